The molecule has 2 aliphatic rings. The topological polar surface area (TPSA) is 61.3 Å². The molecule has 3 heterocycles. The van der Waals surface area contributed by atoms with Crippen LogP contribution in [0.25, 0.3) is 10.9 Å². The number of fused-ring (bicyclic) bond motifs is 2. The van der Waals surface area contributed by atoms with E-state index in [1.54, 1.807) is 0 Å². The van der Waals surface area contributed by atoms with Gasteiger partial charge in [-0.2, -0.15) is 0 Å². The molecule has 2 saturated heterocycles. The molecule has 0 radical (unpaired) electrons. The van der Waals surface area contributed by atoms with Gasteiger partial charge >= 0.3 is 0 Å². The van der Waals surface area contributed by atoms with Crippen molar-refractivity contribution in [2.75, 3.05) is 37.7 Å². The minimum absolute atomic E-state index is 0. The highest BCUT2D eigenvalue weighted by molar-refractivity contribution is 5.89. The minimum atomic E-state index is -0.0139. The molecule has 23 heavy (non-hydrogen) atoms. The zero-order valence-corrected chi connectivity index (χ0v) is 14.7. The first-order valence-electron chi connectivity index (χ1n) is 7.52. The number of aliphatic hydroxyl groups is 1. The van der Waals surface area contributed by atoms with Crippen molar-refractivity contribution in [2.24, 2.45) is 11.3 Å². The first-order valence-corrected chi connectivity index (χ1v) is 7.52. The lowest BCUT2D eigenvalue weighted by atomic mass is 9.82. The van der Waals surface area contributed by atoms with E-state index in [1.807, 2.05) is 25.1 Å². The van der Waals surface area contributed by atoms with Gasteiger partial charge in [0.15, 0.2) is 0 Å². The monoisotopic (exact) mass is 356 g/mol. The van der Waals surface area contributed by atoms with Crippen LogP contribution in [0.15, 0.2) is 24.3 Å². The molecule has 0 amide bonds. The van der Waals surface area contributed by atoms with Crippen molar-refractivity contribution in [3.05, 3.63) is 30.1 Å². The first kappa shape index (κ1) is 18.2. The number of nitrogens with zero attached hydrogens (tertiary/aromatic N) is 3. The largest absolute Gasteiger partial charge is 0.396 e. The highest BCUT2D eigenvalue weighted by Crippen LogP contribution is 2.41. The van der Waals surface area contributed by atoms with Crippen LogP contribution in [0.2, 0.25) is 0 Å². The van der Waals surface area contributed by atoms with Gasteiger partial charge in [-0.05, 0) is 25.0 Å². The minimum Gasteiger partial charge on any atom is -0.396 e. The summed E-state index contributed by atoms with van der Waals surface area (Å²) in [5.74, 6) is 2.31. The average Bonchev–Trinajstić information content (AvgIpc) is 3.03. The molecule has 2 N–H and O–H groups in total. The molecule has 2 fully saturated rings. The summed E-state index contributed by atoms with van der Waals surface area (Å²) in [6.07, 6.45) is 0. The standard InChI is InChI=1S/C16H20N4O.2ClH/c1-11-18-14-5-3-2-4-13(14)15(19-11)20-7-12-6-17-8-16(12,9-20)10-21;;/h2-5,12,17,21H,6-10H2,1H3;2*1H. The lowest BCUT2D eigenvalue weighted by Gasteiger charge is -2.26. The molecule has 7 heteroatoms. The van der Waals surface area contributed by atoms with E-state index in [4.69, 9.17) is 0 Å². The Balaban J connectivity index is 0.000000960. The Bertz CT molecular complexity index is 699. The summed E-state index contributed by atoms with van der Waals surface area (Å²) < 4.78 is 0. The Labute approximate surface area is 148 Å². The van der Waals surface area contributed by atoms with Crippen LogP contribution >= 0.6 is 24.8 Å². The van der Waals surface area contributed by atoms with E-state index in [9.17, 15) is 5.11 Å². The molecule has 2 unspecified atom stereocenters. The van der Waals surface area contributed by atoms with E-state index in [0.29, 0.717) is 5.92 Å². The van der Waals surface area contributed by atoms with Gasteiger partial charge in [0, 0.05) is 37.0 Å². The molecule has 126 valence electrons. The molecule has 5 nitrogen and oxygen atoms in total. The number of hydrogen-bond donors (Lipinski definition) is 2. The number of para-hydroxylation sites is 1. The molecule has 1 aromatic heterocycles. The van der Waals surface area contributed by atoms with E-state index in [2.05, 4.69) is 26.3 Å². The molecule has 0 spiro atoms. The summed E-state index contributed by atoms with van der Waals surface area (Å²) >= 11 is 0. The fraction of sp³-hybridized carbons (Fsp3) is 0.500. The molecule has 2 aromatic rings. The second kappa shape index (κ2) is 6.77. The fourth-order valence-electron chi connectivity index (χ4n) is 3.82. The maximum atomic E-state index is 9.86. The summed E-state index contributed by atoms with van der Waals surface area (Å²) in [4.78, 5) is 11.5. The van der Waals surface area contributed by atoms with Crippen molar-refractivity contribution in [1.29, 1.82) is 0 Å². The van der Waals surface area contributed by atoms with Gasteiger partial charge < -0.3 is 15.3 Å². The Morgan fingerprint density at radius 1 is 1.30 bits per heavy atom. The maximum absolute atomic E-state index is 9.86. The number of nitrogens with one attached hydrogen (secondary N) is 1. The van der Waals surface area contributed by atoms with Crippen LogP contribution in [0, 0.1) is 18.3 Å². The van der Waals surface area contributed by atoms with Crippen molar-refractivity contribution in [2.45, 2.75) is 6.92 Å². The molecule has 4 rings (SSSR count). The predicted molar refractivity (Wildman–Crippen MR) is 96.9 cm³/mol. The number of halogens is 2. The van der Waals surface area contributed by atoms with Gasteiger partial charge in [0.25, 0.3) is 0 Å². The maximum Gasteiger partial charge on any atom is 0.140 e. The number of rotatable bonds is 2. The van der Waals surface area contributed by atoms with E-state index in [0.717, 1.165) is 48.7 Å². The molecular formula is C16H22Cl2N4O. The van der Waals surface area contributed by atoms with Crippen molar-refractivity contribution < 1.29 is 5.11 Å². The van der Waals surface area contributed by atoms with Gasteiger partial charge in [0.2, 0.25) is 0 Å². The van der Waals surface area contributed by atoms with Crippen molar-refractivity contribution in [3.8, 4) is 0 Å². The Kier molecular flexibility index (Phi) is 5.36. The van der Waals surface area contributed by atoms with E-state index >= 15 is 0 Å². The molecule has 2 atom stereocenters. The van der Waals surface area contributed by atoms with Gasteiger partial charge in [0.1, 0.15) is 11.6 Å². The third kappa shape index (κ3) is 2.87. The number of aromatic nitrogens is 2. The van der Waals surface area contributed by atoms with Crippen molar-refractivity contribution >= 4 is 41.5 Å². The van der Waals surface area contributed by atoms with Crippen LogP contribution < -0.4 is 10.2 Å². The fourth-order valence-corrected chi connectivity index (χ4v) is 3.82. The van der Waals surface area contributed by atoms with Crippen LogP contribution in [0.5, 0.6) is 0 Å². The van der Waals surface area contributed by atoms with Crippen LogP contribution in [-0.2, 0) is 0 Å². The quantitative estimate of drug-likeness (QED) is 0.858. The lowest BCUT2D eigenvalue weighted by Crippen LogP contribution is -2.36. The summed E-state index contributed by atoms with van der Waals surface area (Å²) in [7, 11) is 0. The normalized spacial score (nSPS) is 25.8. The highest BCUT2D eigenvalue weighted by Gasteiger charge is 2.49. The van der Waals surface area contributed by atoms with E-state index in [-0.39, 0.29) is 36.8 Å². The second-order valence-electron chi connectivity index (χ2n) is 6.34. The number of hydrogen-bond acceptors (Lipinski definition) is 5. The van der Waals surface area contributed by atoms with Crippen molar-refractivity contribution in [3.63, 3.8) is 0 Å². The van der Waals surface area contributed by atoms with Crippen molar-refractivity contribution in [1.82, 2.24) is 15.3 Å². The summed E-state index contributed by atoms with van der Waals surface area (Å²) in [5, 5.41) is 14.4. The third-order valence-corrected chi connectivity index (χ3v) is 4.99. The van der Waals surface area contributed by atoms with Gasteiger partial charge in [-0.1, -0.05) is 12.1 Å². The number of anilines is 1. The second-order valence-corrected chi connectivity index (χ2v) is 6.34. The van der Waals surface area contributed by atoms with Crippen LogP contribution in [0.3, 0.4) is 0 Å². The smallest absolute Gasteiger partial charge is 0.140 e. The van der Waals surface area contributed by atoms with Gasteiger partial charge in [-0.3, -0.25) is 0 Å². The van der Waals surface area contributed by atoms with E-state index in [1.165, 1.54) is 0 Å². The SMILES string of the molecule is Cc1nc(N2CC3CNCC3(CO)C2)c2ccccc2n1.Cl.Cl. The zero-order chi connectivity index (χ0) is 14.4. The Morgan fingerprint density at radius 3 is 2.83 bits per heavy atom. The van der Waals surface area contributed by atoms with Gasteiger partial charge in [-0.25, -0.2) is 9.97 Å². The summed E-state index contributed by atoms with van der Waals surface area (Å²) in [6.45, 7) is 5.88. The molecule has 2 aliphatic heterocycles. The van der Waals surface area contributed by atoms with Crippen LogP contribution in [-0.4, -0.2) is 47.9 Å². The Morgan fingerprint density at radius 2 is 2.09 bits per heavy atom. The molecule has 1 aromatic carbocycles. The summed E-state index contributed by atoms with van der Waals surface area (Å²) in [5.41, 5.74) is 0.980. The first-order chi connectivity index (χ1) is 10.2. The van der Waals surface area contributed by atoms with Gasteiger partial charge in [-0.15, -0.1) is 24.8 Å². The van der Waals surface area contributed by atoms with Crippen LogP contribution in [0.1, 0.15) is 5.82 Å². The summed E-state index contributed by atoms with van der Waals surface area (Å²) in [6, 6.07) is 8.16. The highest BCUT2D eigenvalue weighted by atomic mass is 35.5. The van der Waals surface area contributed by atoms with Gasteiger partial charge in [0.05, 0.1) is 12.1 Å². The predicted octanol–water partition coefficient (Wildman–Crippen LogP) is 1.80. The zero-order valence-electron chi connectivity index (χ0n) is 13.0. The number of aryl methyl sites for hydroxylation is 1. The van der Waals surface area contributed by atoms with Crippen LogP contribution in [0.4, 0.5) is 5.82 Å². The molecular weight excluding hydrogens is 335 g/mol. The molecule has 0 saturated carbocycles. The average molecular weight is 357 g/mol. The number of benzene rings is 1. The third-order valence-electron chi connectivity index (χ3n) is 4.99. The molecule has 0 bridgehead atoms. The lowest BCUT2D eigenvalue weighted by molar-refractivity contribution is 0.135. The van der Waals surface area contributed by atoms with E-state index < -0.39 is 0 Å². The Hall–Kier alpha value is -1.14. The molecule has 0 aliphatic carbocycles. The number of aliphatic hydroxyl groups excluding tert-OH is 1.